The van der Waals surface area contributed by atoms with Gasteiger partial charge in [-0.2, -0.15) is 0 Å². The van der Waals surface area contributed by atoms with E-state index in [4.69, 9.17) is 10.3 Å². The van der Waals surface area contributed by atoms with Crippen molar-refractivity contribution in [2.75, 3.05) is 6.61 Å². The van der Waals surface area contributed by atoms with Crippen molar-refractivity contribution < 1.29 is 4.74 Å². The summed E-state index contributed by atoms with van der Waals surface area (Å²) >= 11 is 0. The number of nitrogens with zero attached hydrogens (tertiary/aromatic N) is 3. The number of hydrogen-bond acceptors (Lipinski definition) is 2. The predicted octanol–water partition coefficient (Wildman–Crippen LogP) is 9.34. The maximum absolute atomic E-state index is 8.37. The summed E-state index contributed by atoms with van der Waals surface area (Å²) in [6.07, 6.45) is 13.5. The predicted molar refractivity (Wildman–Crippen MR) is 133 cm³/mol. The first-order valence-corrected chi connectivity index (χ1v) is 12.6. The highest BCUT2D eigenvalue weighted by Gasteiger charge is 2.08. The van der Waals surface area contributed by atoms with E-state index in [0.29, 0.717) is 12.5 Å². The summed E-state index contributed by atoms with van der Waals surface area (Å²) in [4.78, 5) is 2.79. The molecule has 0 amide bonds. The number of ether oxygens (including phenoxy) is 1. The van der Waals surface area contributed by atoms with Crippen molar-refractivity contribution in [1.82, 2.24) is 0 Å². The Labute approximate surface area is 191 Å². The second kappa shape index (κ2) is 17.0. The Morgan fingerprint density at radius 3 is 1.71 bits per heavy atom. The topological polar surface area (TPSA) is 58.0 Å². The van der Waals surface area contributed by atoms with Gasteiger partial charge >= 0.3 is 0 Å². The van der Waals surface area contributed by atoms with Gasteiger partial charge in [0, 0.05) is 4.91 Å². The van der Waals surface area contributed by atoms with Gasteiger partial charge in [0.15, 0.2) is 0 Å². The minimum Gasteiger partial charge on any atom is -0.494 e. The average molecular weight is 430 g/mol. The molecule has 0 aliphatic rings. The molecule has 0 bridgehead atoms. The first-order valence-electron chi connectivity index (χ1n) is 12.6. The fourth-order valence-electron chi connectivity index (χ4n) is 4.12. The Hall–Kier alpha value is -1.67. The molecule has 31 heavy (non-hydrogen) atoms. The lowest BCUT2D eigenvalue weighted by molar-refractivity contribution is 0.274. The summed E-state index contributed by atoms with van der Waals surface area (Å²) in [7, 11) is 0. The molecule has 0 aliphatic carbocycles. The molecular weight excluding hydrogens is 382 g/mol. The molecule has 0 heterocycles. The monoisotopic (exact) mass is 429 g/mol. The van der Waals surface area contributed by atoms with E-state index >= 15 is 0 Å². The van der Waals surface area contributed by atoms with Crippen LogP contribution in [0.25, 0.3) is 10.4 Å². The molecule has 0 saturated heterocycles. The van der Waals surface area contributed by atoms with Gasteiger partial charge in [0.25, 0.3) is 0 Å². The molecule has 0 N–H and O–H groups in total. The number of azide groups is 1. The molecule has 0 saturated carbocycles. The molecule has 1 aromatic rings. The normalized spacial score (nSPS) is 14.1. The average Bonchev–Trinajstić information content (AvgIpc) is 2.73. The van der Waals surface area contributed by atoms with E-state index in [9.17, 15) is 0 Å². The Balaban J connectivity index is 2.05. The zero-order chi connectivity index (χ0) is 22.9. The molecule has 0 aromatic heterocycles. The number of hydrogen-bond donors (Lipinski definition) is 0. The lowest BCUT2D eigenvalue weighted by Gasteiger charge is -2.16. The molecule has 0 radical (unpaired) electrons. The van der Waals surface area contributed by atoms with Crippen LogP contribution in [0.3, 0.4) is 0 Å². The summed E-state index contributed by atoms with van der Waals surface area (Å²) in [6, 6.07) is 7.84. The van der Waals surface area contributed by atoms with E-state index in [0.717, 1.165) is 42.1 Å². The molecule has 1 aromatic carbocycles. The zero-order valence-corrected chi connectivity index (χ0v) is 20.9. The van der Waals surface area contributed by atoms with Gasteiger partial charge in [-0.15, -0.1) is 0 Å². The molecule has 1 rings (SSSR count). The lowest BCUT2D eigenvalue weighted by atomic mass is 9.91. The molecule has 0 spiro atoms. The van der Waals surface area contributed by atoms with Crippen molar-refractivity contribution in [2.24, 2.45) is 28.8 Å². The molecule has 4 heteroatoms. The van der Waals surface area contributed by atoms with Crippen LogP contribution in [0.1, 0.15) is 104 Å². The first-order chi connectivity index (χ1) is 14.9. The second-order valence-corrected chi connectivity index (χ2v) is 10.2. The maximum Gasteiger partial charge on any atom is 0.119 e. The SMILES string of the molecule is CC(C)CCC[C@@H](C)CCC[C@@H](C)CCCC(C)CCOc1ccc(CN=[N+]=[N-])cc1. The quantitative estimate of drug-likeness (QED) is 0.130. The van der Waals surface area contributed by atoms with Crippen molar-refractivity contribution in [3.05, 3.63) is 40.3 Å². The number of rotatable bonds is 18. The Bertz CT molecular complexity index is 607. The van der Waals surface area contributed by atoms with Crippen molar-refractivity contribution in [1.29, 1.82) is 0 Å². The third-order valence-electron chi connectivity index (χ3n) is 6.39. The highest BCUT2D eigenvalue weighted by Crippen LogP contribution is 2.23. The Morgan fingerprint density at radius 2 is 1.23 bits per heavy atom. The van der Waals surface area contributed by atoms with E-state index in [1.165, 1.54) is 57.8 Å². The number of benzene rings is 1. The van der Waals surface area contributed by atoms with Crippen LogP contribution in [0.5, 0.6) is 5.75 Å². The molecule has 1 unspecified atom stereocenters. The van der Waals surface area contributed by atoms with Crippen LogP contribution in [0, 0.1) is 23.7 Å². The van der Waals surface area contributed by atoms with Crippen molar-refractivity contribution in [3.8, 4) is 5.75 Å². The Morgan fingerprint density at radius 1 is 0.742 bits per heavy atom. The lowest BCUT2D eigenvalue weighted by Crippen LogP contribution is -2.05. The zero-order valence-electron chi connectivity index (χ0n) is 20.9. The standard InChI is InChI=1S/C27H47N3O/c1-22(2)9-6-10-23(3)11-7-12-24(4)13-8-14-25(5)19-20-31-27-17-15-26(16-18-27)21-29-30-28/h15-18,22-25H,6-14,19-21H2,1-5H3/t23-,24-,25?/m1/s1. The third kappa shape index (κ3) is 14.9. The van der Waals surface area contributed by atoms with Crippen molar-refractivity contribution in [2.45, 2.75) is 105 Å². The molecule has 0 aliphatic heterocycles. The van der Waals surface area contributed by atoms with Crippen LogP contribution >= 0.6 is 0 Å². The van der Waals surface area contributed by atoms with Crippen molar-refractivity contribution in [3.63, 3.8) is 0 Å². The van der Waals surface area contributed by atoms with Gasteiger partial charge in [-0.05, 0) is 53.3 Å². The van der Waals surface area contributed by atoms with Gasteiger partial charge in [-0.1, -0.05) is 110 Å². The smallest absolute Gasteiger partial charge is 0.119 e. The Kier molecular flexibility index (Phi) is 15.0. The van der Waals surface area contributed by atoms with E-state index in [-0.39, 0.29) is 0 Å². The fourth-order valence-corrected chi connectivity index (χ4v) is 4.12. The summed E-state index contributed by atoms with van der Waals surface area (Å²) in [5.41, 5.74) is 9.38. The van der Waals surface area contributed by atoms with Gasteiger partial charge in [-0.25, -0.2) is 0 Å². The van der Waals surface area contributed by atoms with Crippen LogP contribution in [-0.2, 0) is 6.54 Å². The molecule has 176 valence electrons. The minimum absolute atomic E-state index is 0.392. The third-order valence-corrected chi connectivity index (χ3v) is 6.39. The van der Waals surface area contributed by atoms with Crippen LogP contribution in [0.15, 0.2) is 29.4 Å². The summed E-state index contributed by atoms with van der Waals surface area (Å²) in [5.74, 6) is 4.20. The van der Waals surface area contributed by atoms with Crippen molar-refractivity contribution >= 4 is 0 Å². The van der Waals surface area contributed by atoms with Crippen LogP contribution in [-0.4, -0.2) is 6.61 Å². The van der Waals surface area contributed by atoms with E-state index < -0.39 is 0 Å². The summed E-state index contributed by atoms with van der Waals surface area (Å²) < 4.78 is 5.88. The van der Waals surface area contributed by atoms with Crippen LogP contribution in [0.2, 0.25) is 0 Å². The van der Waals surface area contributed by atoms with E-state index in [1.807, 2.05) is 24.3 Å². The molecular formula is C27H47N3O. The molecule has 3 atom stereocenters. The summed E-state index contributed by atoms with van der Waals surface area (Å²) in [6.45, 7) is 13.0. The van der Waals surface area contributed by atoms with Gasteiger partial charge in [-0.3, -0.25) is 0 Å². The maximum atomic E-state index is 8.37. The summed E-state index contributed by atoms with van der Waals surface area (Å²) in [5, 5.41) is 3.58. The highest BCUT2D eigenvalue weighted by molar-refractivity contribution is 5.27. The van der Waals surface area contributed by atoms with Gasteiger partial charge in [0.1, 0.15) is 5.75 Å². The van der Waals surface area contributed by atoms with Gasteiger partial charge in [0.05, 0.1) is 13.2 Å². The van der Waals surface area contributed by atoms with Crippen LogP contribution in [0.4, 0.5) is 0 Å². The molecule has 4 nitrogen and oxygen atoms in total. The van der Waals surface area contributed by atoms with Gasteiger partial charge < -0.3 is 4.74 Å². The minimum atomic E-state index is 0.392. The second-order valence-electron chi connectivity index (χ2n) is 10.2. The molecule has 0 fully saturated rings. The van der Waals surface area contributed by atoms with Gasteiger partial charge in [0.2, 0.25) is 0 Å². The first kappa shape index (κ1) is 27.4. The highest BCUT2D eigenvalue weighted by atomic mass is 16.5. The van der Waals surface area contributed by atoms with E-state index in [1.54, 1.807) is 0 Å². The van der Waals surface area contributed by atoms with E-state index in [2.05, 4.69) is 44.6 Å². The fraction of sp³-hybridized carbons (Fsp3) is 0.778. The largest absolute Gasteiger partial charge is 0.494 e. The van der Waals surface area contributed by atoms with Crippen LogP contribution < -0.4 is 4.74 Å².